The Morgan fingerprint density at radius 2 is 2.20 bits per heavy atom. The van der Waals surface area contributed by atoms with Crippen molar-refractivity contribution in [3.05, 3.63) is 36.3 Å². The molecule has 0 bridgehead atoms. The summed E-state index contributed by atoms with van der Waals surface area (Å²) in [5.74, 6) is -1.20. The van der Waals surface area contributed by atoms with Crippen LogP contribution in [0.1, 0.15) is 30.1 Å². The van der Waals surface area contributed by atoms with Crippen LogP contribution in [-0.2, 0) is 4.79 Å². The van der Waals surface area contributed by atoms with E-state index in [1.54, 1.807) is 42.0 Å². The van der Waals surface area contributed by atoms with Crippen LogP contribution in [0.5, 0.6) is 0 Å². The van der Waals surface area contributed by atoms with Gasteiger partial charge in [0.2, 0.25) is 0 Å². The van der Waals surface area contributed by atoms with E-state index in [0.717, 1.165) is 5.65 Å². The third kappa shape index (κ3) is 1.76. The third-order valence-electron chi connectivity index (χ3n) is 3.98. The number of carbonyl (C=O) groups excluding carboxylic acids is 1. The van der Waals surface area contributed by atoms with Crippen LogP contribution in [-0.4, -0.2) is 43.4 Å². The first-order chi connectivity index (χ1) is 9.52. The summed E-state index contributed by atoms with van der Waals surface area (Å²) in [6, 6.07) is 3.44. The van der Waals surface area contributed by atoms with Gasteiger partial charge in [0.25, 0.3) is 5.91 Å². The van der Waals surface area contributed by atoms with Crippen molar-refractivity contribution in [1.82, 2.24) is 14.3 Å². The van der Waals surface area contributed by atoms with Gasteiger partial charge in [-0.3, -0.25) is 4.79 Å². The van der Waals surface area contributed by atoms with Crippen LogP contribution in [0.25, 0.3) is 5.65 Å². The number of hydrogen-bond acceptors (Lipinski definition) is 3. The summed E-state index contributed by atoms with van der Waals surface area (Å²) in [4.78, 5) is 29.6. The Bertz CT molecular complexity index is 694. The van der Waals surface area contributed by atoms with Crippen LogP contribution in [0.3, 0.4) is 0 Å². The number of aliphatic carboxylic acids is 1. The molecule has 1 aliphatic heterocycles. The molecule has 2 aromatic heterocycles. The van der Waals surface area contributed by atoms with E-state index >= 15 is 0 Å². The molecule has 0 spiro atoms. The van der Waals surface area contributed by atoms with Gasteiger partial charge < -0.3 is 14.4 Å². The van der Waals surface area contributed by atoms with Gasteiger partial charge >= 0.3 is 5.97 Å². The van der Waals surface area contributed by atoms with Crippen LogP contribution in [0.4, 0.5) is 0 Å². The third-order valence-corrected chi connectivity index (χ3v) is 3.98. The number of likely N-dealkylation sites (tertiary alicyclic amines) is 1. The molecule has 104 valence electrons. The Labute approximate surface area is 115 Å². The van der Waals surface area contributed by atoms with E-state index in [1.165, 1.54) is 4.90 Å². The Morgan fingerprint density at radius 1 is 1.40 bits per heavy atom. The molecule has 1 N–H and O–H groups in total. The molecule has 1 amide bonds. The maximum atomic E-state index is 12.6. The Hall–Kier alpha value is -2.37. The summed E-state index contributed by atoms with van der Waals surface area (Å²) in [5, 5.41) is 9.37. The number of carboxylic acids is 1. The summed E-state index contributed by atoms with van der Waals surface area (Å²) in [5.41, 5.74) is 0.120. The molecule has 0 radical (unpaired) electrons. The molecule has 1 aliphatic rings. The lowest BCUT2D eigenvalue weighted by Gasteiger charge is -2.31. The van der Waals surface area contributed by atoms with E-state index in [0.29, 0.717) is 24.9 Å². The Balaban J connectivity index is 1.97. The highest BCUT2D eigenvalue weighted by molar-refractivity contribution is 5.98. The average molecular weight is 273 g/mol. The second-order valence-corrected chi connectivity index (χ2v) is 5.25. The molecule has 1 fully saturated rings. The molecular formula is C14H15N3O3. The number of carbonyl (C=O) groups is 2. The van der Waals surface area contributed by atoms with E-state index < -0.39 is 11.5 Å². The zero-order valence-electron chi connectivity index (χ0n) is 11.1. The highest BCUT2D eigenvalue weighted by Gasteiger charge is 2.46. The average Bonchev–Trinajstić information content (AvgIpc) is 3.03. The lowest BCUT2D eigenvalue weighted by molar-refractivity contribution is -0.147. The smallest absolute Gasteiger partial charge is 0.329 e. The minimum atomic E-state index is -1.11. The highest BCUT2D eigenvalue weighted by atomic mass is 16.4. The molecule has 0 saturated carbocycles. The van der Waals surface area contributed by atoms with Gasteiger partial charge in [0.1, 0.15) is 11.2 Å². The second-order valence-electron chi connectivity index (χ2n) is 5.25. The molecular weight excluding hydrogens is 258 g/mol. The highest BCUT2D eigenvalue weighted by Crippen LogP contribution is 2.30. The summed E-state index contributed by atoms with van der Waals surface area (Å²) >= 11 is 0. The Kier molecular flexibility index (Phi) is 2.74. The summed E-state index contributed by atoms with van der Waals surface area (Å²) < 4.78 is 1.75. The Morgan fingerprint density at radius 3 is 2.95 bits per heavy atom. The fourth-order valence-corrected chi connectivity index (χ4v) is 2.71. The van der Waals surface area contributed by atoms with Gasteiger partial charge in [0.05, 0.1) is 5.56 Å². The standard InChI is InChI=1S/C14H15N3O3/c1-14(13(19)20)5-2-7-17(14)12(18)10-3-4-11-15-6-8-16(11)9-10/h3-4,6,8-9H,2,5,7H2,1H3,(H,19,20). The number of hydrogen-bond donors (Lipinski definition) is 1. The van der Waals surface area contributed by atoms with Gasteiger partial charge in [-0.2, -0.15) is 0 Å². The van der Waals surface area contributed by atoms with E-state index in [-0.39, 0.29) is 5.91 Å². The monoisotopic (exact) mass is 273 g/mol. The van der Waals surface area contributed by atoms with Crippen molar-refractivity contribution in [2.75, 3.05) is 6.54 Å². The number of amides is 1. The minimum Gasteiger partial charge on any atom is -0.480 e. The van der Waals surface area contributed by atoms with E-state index in [9.17, 15) is 14.7 Å². The first-order valence-electron chi connectivity index (χ1n) is 6.50. The van der Waals surface area contributed by atoms with Crippen molar-refractivity contribution >= 4 is 17.5 Å². The van der Waals surface area contributed by atoms with Crippen molar-refractivity contribution in [1.29, 1.82) is 0 Å². The molecule has 0 aliphatic carbocycles. The van der Waals surface area contributed by atoms with Crippen molar-refractivity contribution in [3.63, 3.8) is 0 Å². The topological polar surface area (TPSA) is 74.9 Å². The van der Waals surface area contributed by atoms with Crippen LogP contribution in [0.15, 0.2) is 30.7 Å². The first-order valence-corrected chi connectivity index (χ1v) is 6.50. The SMILES string of the molecule is CC1(C(=O)O)CCCN1C(=O)c1ccc2nccn2c1. The number of pyridine rings is 1. The molecule has 1 saturated heterocycles. The van der Waals surface area contributed by atoms with Crippen LogP contribution >= 0.6 is 0 Å². The summed E-state index contributed by atoms with van der Waals surface area (Å²) in [6.07, 6.45) is 6.29. The number of carboxylic acid groups (broad SMARTS) is 1. The van der Waals surface area contributed by atoms with Crippen LogP contribution < -0.4 is 0 Å². The van der Waals surface area contributed by atoms with Gasteiger partial charge in [-0.1, -0.05) is 0 Å². The number of aromatic nitrogens is 2. The summed E-state index contributed by atoms with van der Waals surface area (Å²) in [7, 11) is 0. The molecule has 0 aromatic carbocycles. The van der Waals surface area contributed by atoms with Gasteiger partial charge in [-0.25, -0.2) is 9.78 Å². The molecule has 6 nitrogen and oxygen atoms in total. The zero-order chi connectivity index (χ0) is 14.3. The van der Waals surface area contributed by atoms with E-state index in [4.69, 9.17) is 0 Å². The zero-order valence-corrected chi connectivity index (χ0v) is 11.1. The van der Waals surface area contributed by atoms with Crippen LogP contribution in [0, 0.1) is 0 Å². The van der Waals surface area contributed by atoms with Crippen molar-refractivity contribution in [2.24, 2.45) is 0 Å². The largest absolute Gasteiger partial charge is 0.480 e. The minimum absolute atomic E-state index is 0.247. The van der Waals surface area contributed by atoms with Gasteiger partial charge in [0, 0.05) is 25.1 Å². The van der Waals surface area contributed by atoms with Crippen LogP contribution in [0.2, 0.25) is 0 Å². The molecule has 20 heavy (non-hydrogen) atoms. The number of imidazole rings is 1. The van der Waals surface area contributed by atoms with Crippen molar-refractivity contribution in [3.8, 4) is 0 Å². The fourth-order valence-electron chi connectivity index (χ4n) is 2.71. The number of nitrogens with zero attached hydrogens (tertiary/aromatic N) is 3. The predicted molar refractivity (Wildman–Crippen MR) is 71.5 cm³/mol. The maximum absolute atomic E-state index is 12.6. The fraction of sp³-hybridized carbons (Fsp3) is 0.357. The number of rotatable bonds is 2. The molecule has 2 aromatic rings. The van der Waals surface area contributed by atoms with Gasteiger partial charge in [-0.05, 0) is 31.9 Å². The lowest BCUT2D eigenvalue weighted by Crippen LogP contribution is -2.50. The first kappa shape index (κ1) is 12.7. The normalized spacial score (nSPS) is 22.4. The van der Waals surface area contributed by atoms with Gasteiger partial charge in [-0.15, -0.1) is 0 Å². The number of fused-ring (bicyclic) bond motifs is 1. The molecule has 3 rings (SSSR count). The maximum Gasteiger partial charge on any atom is 0.329 e. The quantitative estimate of drug-likeness (QED) is 0.897. The van der Waals surface area contributed by atoms with Crippen molar-refractivity contribution in [2.45, 2.75) is 25.3 Å². The predicted octanol–water partition coefficient (Wildman–Crippen LogP) is 1.41. The summed E-state index contributed by atoms with van der Waals surface area (Å²) in [6.45, 7) is 2.08. The molecule has 3 heterocycles. The van der Waals surface area contributed by atoms with Crippen molar-refractivity contribution < 1.29 is 14.7 Å². The van der Waals surface area contributed by atoms with Gasteiger partial charge in [0.15, 0.2) is 0 Å². The second kappa shape index (κ2) is 4.33. The molecule has 1 unspecified atom stereocenters. The van der Waals surface area contributed by atoms with E-state index in [2.05, 4.69) is 4.98 Å². The lowest BCUT2D eigenvalue weighted by atomic mass is 9.99. The molecule has 6 heteroatoms. The molecule has 1 atom stereocenters. The van der Waals surface area contributed by atoms with E-state index in [1.807, 2.05) is 0 Å².